The van der Waals surface area contributed by atoms with Crippen LogP contribution >= 0.6 is 0 Å². The average molecular weight is 623 g/mol. The zero-order valence-electron chi connectivity index (χ0n) is 25.4. The first-order valence-electron chi connectivity index (χ1n) is 15.5. The summed E-state index contributed by atoms with van der Waals surface area (Å²) >= 11 is 0. The molecule has 5 heterocycles. The fourth-order valence-electron chi connectivity index (χ4n) is 7.07. The van der Waals surface area contributed by atoms with Crippen LogP contribution in [-0.4, -0.2) is 84.3 Å². The van der Waals surface area contributed by atoms with Gasteiger partial charge in [0.05, 0.1) is 28.8 Å². The number of aryl methyl sites for hydroxylation is 1. The van der Waals surface area contributed by atoms with E-state index in [2.05, 4.69) is 10.3 Å². The van der Waals surface area contributed by atoms with Crippen molar-refractivity contribution in [1.29, 1.82) is 0 Å². The molecule has 12 nitrogen and oxygen atoms in total. The summed E-state index contributed by atoms with van der Waals surface area (Å²) in [6.07, 6.45) is 4.34. The molecule has 7 rings (SSSR count). The van der Waals surface area contributed by atoms with Crippen molar-refractivity contribution in [2.75, 3.05) is 31.5 Å². The van der Waals surface area contributed by atoms with Gasteiger partial charge in [0.1, 0.15) is 12.0 Å². The van der Waals surface area contributed by atoms with E-state index in [9.17, 15) is 29.1 Å². The fraction of sp³-hybridized carbons (Fsp3) is 0.353. The van der Waals surface area contributed by atoms with Crippen molar-refractivity contribution in [2.45, 2.75) is 37.3 Å². The summed E-state index contributed by atoms with van der Waals surface area (Å²) in [5.41, 5.74) is 1.08. The summed E-state index contributed by atoms with van der Waals surface area (Å²) in [5.74, 6) is -2.27. The van der Waals surface area contributed by atoms with Gasteiger partial charge in [0.15, 0.2) is 0 Å². The van der Waals surface area contributed by atoms with Gasteiger partial charge in [-0.3, -0.25) is 28.5 Å². The van der Waals surface area contributed by atoms with Crippen molar-refractivity contribution in [2.24, 2.45) is 13.0 Å². The van der Waals surface area contributed by atoms with Crippen LogP contribution in [0.15, 0.2) is 71.9 Å². The Bertz CT molecular complexity index is 1940. The van der Waals surface area contributed by atoms with Crippen LogP contribution in [0.1, 0.15) is 51.5 Å². The van der Waals surface area contributed by atoms with Crippen LogP contribution in [-0.2, 0) is 23.2 Å². The van der Waals surface area contributed by atoms with Gasteiger partial charge < -0.3 is 24.8 Å². The summed E-state index contributed by atoms with van der Waals surface area (Å²) in [4.78, 5) is 72.6. The van der Waals surface area contributed by atoms with E-state index in [4.69, 9.17) is 0 Å². The number of nitrogens with zero attached hydrogens (tertiary/aromatic N) is 5. The van der Waals surface area contributed by atoms with Gasteiger partial charge in [-0.25, -0.2) is 4.98 Å². The molecule has 0 spiro atoms. The zero-order valence-corrected chi connectivity index (χ0v) is 25.4. The lowest BCUT2D eigenvalue weighted by molar-refractivity contribution is -0.142. The lowest BCUT2D eigenvalue weighted by Gasteiger charge is -2.43. The molecule has 2 aromatic carbocycles. The Morgan fingerprint density at radius 1 is 1.00 bits per heavy atom. The molecule has 2 aromatic heterocycles. The highest BCUT2D eigenvalue weighted by molar-refractivity contribution is 6.51. The molecule has 4 aromatic rings. The van der Waals surface area contributed by atoms with Crippen molar-refractivity contribution in [3.8, 4) is 0 Å². The minimum Gasteiger partial charge on any atom is -0.388 e. The van der Waals surface area contributed by atoms with Crippen molar-refractivity contribution < 1.29 is 24.3 Å². The third-order valence-corrected chi connectivity index (χ3v) is 9.73. The predicted molar refractivity (Wildman–Crippen MR) is 168 cm³/mol. The third kappa shape index (κ3) is 5.18. The van der Waals surface area contributed by atoms with Crippen LogP contribution in [0.2, 0.25) is 0 Å². The van der Waals surface area contributed by atoms with E-state index in [1.165, 1.54) is 17.0 Å². The van der Waals surface area contributed by atoms with Crippen LogP contribution < -0.4 is 10.9 Å². The highest BCUT2D eigenvalue weighted by atomic mass is 16.3. The Labute approximate surface area is 264 Å². The number of piperidine rings is 2. The number of likely N-dealkylation sites (tertiary alicyclic amines) is 2. The van der Waals surface area contributed by atoms with Gasteiger partial charge in [0.25, 0.3) is 23.2 Å². The van der Waals surface area contributed by atoms with Crippen LogP contribution in [0.4, 0.5) is 5.69 Å². The summed E-state index contributed by atoms with van der Waals surface area (Å²) in [6.45, 7) is 1.47. The number of benzene rings is 2. The number of ketones is 1. The molecule has 0 radical (unpaired) electrons. The monoisotopic (exact) mass is 622 g/mol. The Morgan fingerprint density at radius 3 is 2.52 bits per heavy atom. The molecule has 46 heavy (non-hydrogen) atoms. The number of hydrogen-bond acceptors (Lipinski definition) is 7. The number of fused-ring (bicyclic) bond motifs is 2. The second-order valence-electron chi connectivity index (χ2n) is 12.6. The number of hydrogen-bond donors (Lipinski definition) is 2. The minimum atomic E-state index is -1.16. The number of nitrogens with one attached hydrogen (secondary N) is 1. The molecule has 12 heteroatoms. The Balaban J connectivity index is 1.05. The summed E-state index contributed by atoms with van der Waals surface area (Å²) in [6, 6.07) is 16.0. The standard InChI is InChI=1S/C34H34N6O6/c1-37-13-9-24-29(37)35-20-40(33(24)45)19-34(46)11-15-38(16-12-34)32(44)23-10-14-39(18-26(23)21-5-3-2-4-6-21)31(43)22-7-8-27-25(17-22)28(41)30(42)36-27/h2-9,13,17,20,23,26,46H,10-12,14-16,18-19H2,1H3,(H,36,41,42)/t23-,26+/m1/s1. The van der Waals surface area contributed by atoms with E-state index in [1.54, 1.807) is 38.8 Å². The molecule has 0 aliphatic carbocycles. The van der Waals surface area contributed by atoms with E-state index in [1.807, 2.05) is 37.4 Å². The smallest absolute Gasteiger partial charge is 0.296 e. The summed E-state index contributed by atoms with van der Waals surface area (Å²) in [5, 5.41) is 14.4. The van der Waals surface area contributed by atoms with Crippen molar-refractivity contribution in [3.63, 3.8) is 0 Å². The van der Waals surface area contributed by atoms with Crippen molar-refractivity contribution >= 4 is 40.2 Å². The van der Waals surface area contributed by atoms with Gasteiger partial charge in [-0.1, -0.05) is 30.3 Å². The molecular weight excluding hydrogens is 588 g/mol. The average Bonchev–Trinajstić information content (AvgIpc) is 3.59. The van der Waals surface area contributed by atoms with Crippen LogP contribution in [0.3, 0.4) is 0 Å². The first kappa shape index (κ1) is 29.6. The highest BCUT2D eigenvalue weighted by Gasteiger charge is 2.42. The topological polar surface area (TPSA) is 147 Å². The SMILES string of the molecule is Cn1ccc2c(=O)n(CC3(O)CCN(C(=O)[C@@H]4CCN(C(=O)c5ccc6c(c5)C(=O)C(=O)N6)C[C@H]4c4ccccc4)CC3)cnc21. The molecule has 236 valence electrons. The molecule has 2 N–H and O–H groups in total. The van der Waals surface area contributed by atoms with Crippen molar-refractivity contribution in [1.82, 2.24) is 23.9 Å². The van der Waals surface area contributed by atoms with Gasteiger partial charge in [0, 0.05) is 56.8 Å². The number of Topliss-reactive ketones (excluding diaryl/α,β-unsaturated/α-hetero) is 1. The van der Waals surface area contributed by atoms with Crippen LogP contribution in [0.5, 0.6) is 0 Å². The quantitative estimate of drug-likeness (QED) is 0.325. The largest absolute Gasteiger partial charge is 0.388 e. The number of amides is 3. The van der Waals surface area contributed by atoms with Gasteiger partial charge >= 0.3 is 0 Å². The lowest BCUT2D eigenvalue weighted by Crippen LogP contribution is -2.53. The molecule has 3 amide bonds. The van der Waals surface area contributed by atoms with Gasteiger partial charge in [-0.2, -0.15) is 0 Å². The van der Waals surface area contributed by atoms with E-state index in [-0.39, 0.29) is 41.3 Å². The van der Waals surface area contributed by atoms with Crippen molar-refractivity contribution in [3.05, 3.63) is 94.2 Å². The maximum atomic E-state index is 14.0. The molecule has 2 fully saturated rings. The Morgan fingerprint density at radius 2 is 1.76 bits per heavy atom. The predicted octanol–water partition coefficient (Wildman–Crippen LogP) is 2.17. The number of carbonyl (C=O) groups is 4. The second-order valence-corrected chi connectivity index (χ2v) is 12.6. The van der Waals surface area contributed by atoms with Crippen LogP contribution in [0, 0.1) is 5.92 Å². The van der Waals surface area contributed by atoms with E-state index < -0.39 is 17.3 Å². The number of aromatic nitrogens is 3. The fourth-order valence-corrected chi connectivity index (χ4v) is 7.07. The number of rotatable bonds is 5. The molecule has 3 aliphatic heterocycles. The first-order valence-corrected chi connectivity index (χ1v) is 15.5. The molecule has 2 saturated heterocycles. The molecule has 0 bridgehead atoms. The number of anilines is 1. The molecule has 2 atom stereocenters. The highest BCUT2D eigenvalue weighted by Crippen LogP contribution is 2.36. The third-order valence-electron chi connectivity index (χ3n) is 9.73. The van der Waals surface area contributed by atoms with Gasteiger partial charge in [-0.05, 0) is 49.1 Å². The number of aliphatic hydroxyl groups is 1. The summed E-state index contributed by atoms with van der Waals surface area (Å²) in [7, 11) is 1.82. The number of carbonyl (C=O) groups excluding carboxylic acids is 4. The van der Waals surface area contributed by atoms with Crippen LogP contribution in [0.25, 0.3) is 11.0 Å². The van der Waals surface area contributed by atoms with Gasteiger partial charge in [-0.15, -0.1) is 0 Å². The normalized spacial score (nSPS) is 20.9. The Hall–Kier alpha value is -5.10. The van der Waals surface area contributed by atoms with Gasteiger partial charge in [0.2, 0.25) is 5.91 Å². The maximum Gasteiger partial charge on any atom is 0.296 e. The van der Waals surface area contributed by atoms with E-state index in [0.29, 0.717) is 67.7 Å². The molecule has 3 aliphatic rings. The summed E-state index contributed by atoms with van der Waals surface area (Å²) < 4.78 is 3.22. The zero-order chi connectivity index (χ0) is 32.2. The lowest BCUT2D eigenvalue weighted by atomic mass is 9.79. The molecule has 0 saturated carbocycles. The first-order chi connectivity index (χ1) is 22.1. The Kier molecular flexibility index (Phi) is 7.31. The second kappa shape index (κ2) is 11.4. The molecule has 0 unspecified atom stereocenters. The van der Waals surface area contributed by atoms with E-state index >= 15 is 0 Å². The maximum absolute atomic E-state index is 14.0. The van der Waals surface area contributed by atoms with E-state index in [0.717, 1.165) is 5.56 Å². The minimum absolute atomic E-state index is 0.0137. The molecular formula is C34H34N6O6.